The number of halogens is 1. The quantitative estimate of drug-likeness (QED) is 0.697. The first-order valence-electron chi connectivity index (χ1n) is 7.86. The van der Waals surface area contributed by atoms with Crippen LogP contribution in [0.4, 0.5) is 5.13 Å². The van der Waals surface area contributed by atoms with Crippen LogP contribution >= 0.6 is 22.9 Å². The number of carbonyl (C=O) groups excluding carboxylic acids is 1. The highest BCUT2D eigenvalue weighted by atomic mass is 35.5. The minimum absolute atomic E-state index is 0.0430. The Kier molecular flexibility index (Phi) is 4.12. The van der Waals surface area contributed by atoms with Crippen molar-refractivity contribution in [2.45, 2.75) is 0 Å². The molecule has 0 spiro atoms. The summed E-state index contributed by atoms with van der Waals surface area (Å²) in [6.45, 7) is 2.99. The standard InChI is InChI=1S/C18H16ClN3OS/c19-14-5-3-4-13(12-14)17(23)21-8-10-22(11-9-21)18-20-15-6-1-2-7-16(15)24-18/h1-7,12H,8-11H2. The second-order valence-electron chi connectivity index (χ2n) is 5.75. The van der Waals surface area contributed by atoms with Crippen molar-refractivity contribution in [3.05, 3.63) is 59.1 Å². The lowest BCUT2D eigenvalue weighted by Crippen LogP contribution is -2.48. The van der Waals surface area contributed by atoms with Gasteiger partial charge in [0, 0.05) is 36.8 Å². The number of piperazine rings is 1. The molecule has 1 aromatic heterocycles. The van der Waals surface area contributed by atoms with Gasteiger partial charge in [-0.1, -0.05) is 41.1 Å². The summed E-state index contributed by atoms with van der Waals surface area (Å²) in [4.78, 5) is 21.4. The smallest absolute Gasteiger partial charge is 0.254 e. The molecule has 4 rings (SSSR count). The van der Waals surface area contributed by atoms with E-state index in [4.69, 9.17) is 16.6 Å². The summed E-state index contributed by atoms with van der Waals surface area (Å²) in [5, 5.41) is 1.63. The molecule has 1 amide bonds. The third kappa shape index (κ3) is 2.97. The molecule has 1 aliphatic rings. The second kappa shape index (κ2) is 6.42. The number of thiazole rings is 1. The molecule has 1 saturated heterocycles. The SMILES string of the molecule is O=C(c1cccc(Cl)c1)N1CCN(c2nc3ccccc3s2)CC1. The molecule has 0 saturated carbocycles. The first-order chi connectivity index (χ1) is 11.7. The predicted octanol–water partition coefficient (Wildman–Crippen LogP) is 3.91. The summed E-state index contributed by atoms with van der Waals surface area (Å²) in [6, 6.07) is 15.3. The molecule has 6 heteroatoms. The van der Waals surface area contributed by atoms with Crippen LogP contribution in [-0.4, -0.2) is 42.0 Å². The second-order valence-corrected chi connectivity index (χ2v) is 7.20. The third-order valence-electron chi connectivity index (χ3n) is 4.19. The van der Waals surface area contributed by atoms with Gasteiger partial charge in [0.05, 0.1) is 10.2 Å². The van der Waals surface area contributed by atoms with Gasteiger partial charge in [0.1, 0.15) is 0 Å². The topological polar surface area (TPSA) is 36.4 Å². The fourth-order valence-electron chi connectivity index (χ4n) is 2.90. The molecule has 0 bridgehead atoms. The molecule has 4 nitrogen and oxygen atoms in total. The van der Waals surface area contributed by atoms with E-state index in [0.717, 1.165) is 23.7 Å². The Morgan fingerprint density at radius 3 is 2.58 bits per heavy atom. The molecule has 3 aromatic rings. The fraction of sp³-hybridized carbons (Fsp3) is 0.222. The van der Waals surface area contributed by atoms with Crippen LogP contribution in [0.2, 0.25) is 5.02 Å². The van der Waals surface area contributed by atoms with Crippen LogP contribution in [0.15, 0.2) is 48.5 Å². The summed E-state index contributed by atoms with van der Waals surface area (Å²) in [5.74, 6) is 0.0430. The van der Waals surface area contributed by atoms with Gasteiger partial charge in [0.15, 0.2) is 5.13 Å². The van der Waals surface area contributed by atoms with Gasteiger partial charge in [-0.25, -0.2) is 4.98 Å². The van der Waals surface area contributed by atoms with E-state index < -0.39 is 0 Å². The Bertz CT molecular complexity index is 854. The van der Waals surface area contributed by atoms with E-state index in [-0.39, 0.29) is 5.91 Å². The zero-order valence-corrected chi connectivity index (χ0v) is 14.6. The summed E-state index contributed by atoms with van der Waals surface area (Å²) >= 11 is 7.69. The summed E-state index contributed by atoms with van der Waals surface area (Å²) in [5.41, 5.74) is 1.69. The van der Waals surface area contributed by atoms with Gasteiger partial charge in [-0.2, -0.15) is 0 Å². The van der Waals surface area contributed by atoms with E-state index in [2.05, 4.69) is 11.0 Å². The van der Waals surface area contributed by atoms with E-state index in [9.17, 15) is 4.79 Å². The molecule has 1 fully saturated rings. The first kappa shape index (κ1) is 15.4. The van der Waals surface area contributed by atoms with Gasteiger partial charge in [0.25, 0.3) is 5.91 Å². The zero-order chi connectivity index (χ0) is 16.5. The van der Waals surface area contributed by atoms with Gasteiger partial charge in [-0.3, -0.25) is 4.79 Å². The van der Waals surface area contributed by atoms with E-state index in [1.807, 2.05) is 35.2 Å². The minimum atomic E-state index is 0.0430. The molecule has 2 aromatic carbocycles. The van der Waals surface area contributed by atoms with Crippen LogP contribution in [0.1, 0.15) is 10.4 Å². The van der Waals surface area contributed by atoms with Gasteiger partial charge in [0.2, 0.25) is 0 Å². The zero-order valence-electron chi connectivity index (χ0n) is 13.0. The Labute approximate surface area is 149 Å². The Morgan fingerprint density at radius 1 is 1.04 bits per heavy atom. The number of hydrogen-bond donors (Lipinski definition) is 0. The lowest BCUT2D eigenvalue weighted by Gasteiger charge is -2.34. The van der Waals surface area contributed by atoms with Gasteiger partial charge in [-0.15, -0.1) is 0 Å². The number of para-hydroxylation sites is 1. The average molecular weight is 358 g/mol. The number of carbonyl (C=O) groups is 1. The molecule has 0 atom stereocenters. The number of benzene rings is 2. The van der Waals surface area contributed by atoms with Crippen molar-refractivity contribution in [1.82, 2.24) is 9.88 Å². The maximum Gasteiger partial charge on any atom is 0.254 e. The monoisotopic (exact) mass is 357 g/mol. The molecule has 122 valence electrons. The van der Waals surface area contributed by atoms with E-state index in [1.54, 1.807) is 23.5 Å². The maximum atomic E-state index is 12.6. The first-order valence-corrected chi connectivity index (χ1v) is 9.05. The molecule has 0 aliphatic carbocycles. The van der Waals surface area contributed by atoms with Gasteiger partial charge < -0.3 is 9.80 Å². The van der Waals surface area contributed by atoms with Crippen molar-refractivity contribution in [1.29, 1.82) is 0 Å². The van der Waals surface area contributed by atoms with Crippen LogP contribution < -0.4 is 4.90 Å². The lowest BCUT2D eigenvalue weighted by atomic mass is 10.2. The highest BCUT2D eigenvalue weighted by Crippen LogP contribution is 2.29. The summed E-state index contributed by atoms with van der Waals surface area (Å²) in [6.07, 6.45) is 0. The molecule has 24 heavy (non-hydrogen) atoms. The maximum absolute atomic E-state index is 12.6. The van der Waals surface area contributed by atoms with Crippen LogP contribution in [0, 0.1) is 0 Å². The molecule has 0 N–H and O–H groups in total. The number of fused-ring (bicyclic) bond motifs is 1. The van der Waals surface area contributed by atoms with Crippen LogP contribution in [0.25, 0.3) is 10.2 Å². The molecular weight excluding hydrogens is 342 g/mol. The Morgan fingerprint density at radius 2 is 1.83 bits per heavy atom. The van der Waals surface area contributed by atoms with Crippen molar-refractivity contribution in [3.8, 4) is 0 Å². The van der Waals surface area contributed by atoms with Crippen molar-refractivity contribution >= 4 is 44.2 Å². The normalized spacial score (nSPS) is 15.0. The number of hydrogen-bond acceptors (Lipinski definition) is 4. The molecule has 2 heterocycles. The van der Waals surface area contributed by atoms with Crippen molar-refractivity contribution < 1.29 is 4.79 Å². The predicted molar refractivity (Wildman–Crippen MR) is 99.2 cm³/mol. The van der Waals surface area contributed by atoms with Crippen molar-refractivity contribution in [2.24, 2.45) is 0 Å². The number of anilines is 1. The van der Waals surface area contributed by atoms with E-state index in [1.165, 1.54) is 4.70 Å². The van der Waals surface area contributed by atoms with Crippen LogP contribution in [0.5, 0.6) is 0 Å². The van der Waals surface area contributed by atoms with E-state index in [0.29, 0.717) is 23.7 Å². The highest BCUT2D eigenvalue weighted by Gasteiger charge is 2.24. The van der Waals surface area contributed by atoms with E-state index >= 15 is 0 Å². The third-order valence-corrected chi connectivity index (χ3v) is 5.52. The molecular formula is C18H16ClN3OS. The number of nitrogens with zero attached hydrogens (tertiary/aromatic N) is 3. The Balaban J connectivity index is 1.45. The highest BCUT2D eigenvalue weighted by molar-refractivity contribution is 7.22. The van der Waals surface area contributed by atoms with Gasteiger partial charge in [-0.05, 0) is 30.3 Å². The van der Waals surface area contributed by atoms with Gasteiger partial charge >= 0.3 is 0 Å². The average Bonchev–Trinajstić information content (AvgIpc) is 3.05. The largest absolute Gasteiger partial charge is 0.345 e. The molecule has 0 radical (unpaired) electrons. The number of aromatic nitrogens is 1. The summed E-state index contributed by atoms with van der Waals surface area (Å²) < 4.78 is 1.20. The number of amides is 1. The summed E-state index contributed by atoms with van der Waals surface area (Å²) in [7, 11) is 0. The van der Waals surface area contributed by atoms with Crippen LogP contribution in [-0.2, 0) is 0 Å². The minimum Gasteiger partial charge on any atom is -0.345 e. The van der Waals surface area contributed by atoms with Crippen molar-refractivity contribution in [3.63, 3.8) is 0 Å². The Hall–Kier alpha value is -2.11. The lowest BCUT2D eigenvalue weighted by molar-refractivity contribution is 0.0747. The molecule has 0 unspecified atom stereocenters. The van der Waals surface area contributed by atoms with Crippen LogP contribution in [0.3, 0.4) is 0 Å². The van der Waals surface area contributed by atoms with Crippen molar-refractivity contribution in [2.75, 3.05) is 31.1 Å². The fourth-order valence-corrected chi connectivity index (χ4v) is 4.11. The number of rotatable bonds is 2. The molecule has 1 aliphatic heterocycles.